The number of β-lactam (4-membered cyclic amide) rings is 1. The van der Waals surface area contributed by atoms with Gasteiger partial charge in [-0.2, -0.15) is 0 Å². The Kier molecular flexibility index (Phi) is 8.58. The van der Waals surface area contributed by atoms with E-state index in [1.807, 2.05) is 36.4 Å². The van der Waals surface area contributed by atoms with Gasteiger partial charge in [0.2, 0.25) is 11.8 Å². The van der Waals surface area contributed by atoms with Crippen LogP contribution in [0.5, 0.6) is 0 Å². The van der Waals surface area contributed by atoms with Crippen molar-refractivity contribution in [3.63, 3.8) is 0 Å². The molecule has 2 amide bonds. The zero-order valence-corrected chi connectivity index (χ0v) is 17.4. The molecule has 3 rings (SSSR count). The van der Waals surface area contributed by atoms with Gasteiger partial charge in [0.25, 0.3) is 0 Å². The van der Waals surface area contributed by atoms with Crippen LogP contribution in [-0.2, 0) is 26.5 Å². The van der Waals surface area contributed by atoms with Crippen molar-refractivity contribution in [2.24, 2.45) is 0 Å². The number of hydrogen-bond acceptors (Lipinski definition) is 4. The lowest BCUT2D eigenvalue weighted by atomic mass is 10.1. The number of carbonyl (C=O) groups excluding carboxylic acids is 2. The van der Waals surface area contributed by atoms with Crippen LogP contribution in [0.25, 0.3) is 0 Å². The Balaban J connectivity index is 1.24. The fourth-order valence-electron chi connectivity index (χ4n) is 3.13. The van der Waals surface area contributed by atoms with Crippen molar-refractivity contribution >= 4 is 23.6 Å². The second-order valence-electron chi connectivity index (χ2n) is 7.03. The van der Waals surface area contributed by atoms with Gasteiger partial charge in [-0.3, -0.25) is 9.59 Å². The average molecular weight is 413 g/mol. The standard InChI is InChI=1S/C23H28N2O3S/c26-21(24-13-15-28-14-7-12-19-8-3-1-4-9-19)17-25-22(27)16-23(25)29-18-20-10-5-2-6-11-20/h1-6,8-11,23H,7,12-18H2,(H,24,26). The molecule has 1 aliphatic rings. The van der Waals surface area contributed by atoms with E-state index in [-0.39, 0.29) is 23.7 Å². The van der Waals surface area contributed by atoms with Gasteiger partial charge in [-0.15, -0.1) is 11.8 Å². The molecule has 2 aromatic rings. The molecule has 1 N–H and O–H groups in total. The van der Waals surface area contributed by atoms with Crippen LogP contribution in [0, 0.1) is 0 Å². The summed E-state index contributed by atoms with van der Waals surface area (Å²) in [7, 11) is 0. The summed E-state index contributed by atoms with van der Waals surface area (Å²) in [6, 6.07) is 20.5. The molecule has 5 nitrogen and oxygen atoms in total. The van der Waals surface area contributed by atoms with Gasteiger partial charge in [0.15, 0.2) is 0 Å². The minimum atomic E-state index is -0.128. The highest BCUT2D eigenvalue weighted by atomic mass is 32.2. The van der Waals surface area contributed by atoms with Crippen LogP contribution in [0.2, 0.25) is 0 Å². The van der Waals surface area contributed by atoms with Crippen LogP contribution in [0.4, 0.5) is 0 Å². The number of nitrogens with one attached hydrogen (secondary N) is 1. The smallest absolute Gasteiger partial charge is 0.239 e. The van der Waals surface area contributed by atoms with E-state index in [1.54, 1.807) is 16.7 Å². The first kappa shape index (κ1) is 21.4. The van der Waals surface area contributed by atoms with Crippen molar-refractivity contribution in [2.45, 2.75) is 30.4 Å². The van der Waals surface area contributed by atoms with Gasteiger partial charge in [0.1, 0.15) is 6.54 Å². The largest absolute Gasteiger partial charge is 0.380 e. The number of aryl methyl sites for hydroxylation is 1. The Hall–Kier alpha value is -2.31. The van der Waals surface area contributed by atoms with Crippen molar-refractivity contribution in [3.05, 3.63) is 71.8 Å². The molecular weight excluding hydrogens is 384 g/mol. The summed E-state index contributed by atoms with van der Waals surface area (Å²) in [4.78, 5) is 25.6. The molecule has 154 valence electrons. The summed E-state index contributed by atoms with van der Waals surface area (Å²) in [5, 5.41) is 2.92. The van der Waals surface area contributed by atoms with Gasteiger partial charge in [-0.1, -0.05) is 60.7 Å². The molecule has 0 spiro atoms. The summed E-state index contributed by atoms with van der Waals surface area (Å²) in [5.41, 5.74) is 2.54. The molecule has 29 heavy (non-hydrogen) atoms. The highest BCUT2D eigenvalue weighted by Gasteiger charge is 2.37. The maximum absolute atomic E-state index is 12.1. The first-order valence-electron chi connectivity index (χ1n) is 10.1. The van der Waals surface area contributed by atoms with E-state index in [9.17, 15) is 9.59 Å². The molecule has 0 bridgehead atoms. The van der Waals surface area contributed by atoms with Crippen molar-refractivity contribution in [1.82, 2.24) is 10.2 Å². The SMILES string of the molecule is O=C(CN1C(=O)CC1SCc1ccccc1)NCCOCCCc1ccccc1. The first-order valence-corrected chi connectivity index (χ1v) is 11.1. The number of rotatable bonds is 12. The van der Waals surface area contributed by atoms with E-state index >= 15 is 0 Å². The molecule has 1 aliphatic heterocycles. The summed E-state index contributed by atoms with van der Waals surface area (Å²) in [6.07, 6.45) is 2.46. The lowest BCUT2D eigenvalue weighted by Crippen LogP contribution is -2.54. The molecular formula is C23H28N2O3S. The number of likely N-dealkylation sites (tertiary alicyclic amines) is 1. The number of amides is 2. The van der Waals surface area contributed by atoms with Gasteiger partial charge in [-0.05, 0) is 24.0 Å². The second kappa shape index (κ2) is 11.6. The Morgan fingerprint density at radius 1 is 1.03 bits per heavy atom. The Bertz CT molecular complexity index is 770. The number of nitrogens with zero attached hydrogens (tertiary/aromatic N) is 1. The number of hydrogen-bond donors (Lipinski definition) is 1. The fraction of sp³-hybridized carbons (Fsp3) is 0.391. The van der Waals surface area contributed by atoms with Crippen LogP contribution in [-0.4, -0.2) is 48.4 Å². The van der Waals surface area contributed by atoms with Crippen LogP contribution in [0.3, 0.4) is 0 Å². The monoisotopic (exact) mass is 412 g/mol. The third-order valence-corrected chi connectivity index (χ3v) is 6.09. The van der Waals surface area contributed by atoms with Crippen molar-refractivity contribution in [1.29, 1.82) is 0 Å². The molecule has 1 unspecified atom stereocenters. The molecule has 2 aromatic carbocycles. The molecule has 6 heteroatoms. The molecule has 0 aromatic heterocycles. The van der Waals surface area contributed by atoms with Crippen molar-refractivity contribution in [3.8, 4) is 0 Å². The normalized spacial score (nSPS) is 15.8. The predicted octanol–water partition coefficient (Wildman–Crippen LogP) is 3.24. The molecule has 0 aliphatic carbocycles. The number of ether oxygens (including phenoxy) is 1. The second-order valence-corrected chi connectivity index (χ2v) is 8.19. The molecule has 0 radical (unpaired) electrons. The van der Waals surface area contributed by atoms with Gasteiger partial charge < -0.3 is 15.0 Å². The Morgan fingerprint density at radius 3 is 2.41 bits per heavy atom. The number of thioether (sulfide) groups is 1. The van der Waals surface area contributed by atoms with E-state index in [4.69, 9.17) is 4.74 Å². The van der Waals surface area contributed by atoms with E-state index in [2.05, 4.69) is 29.6 Å². The third kappa shape index (κ3) is 7.22. The summed E-state index contributed by atoms with van der Waals surface area (Å²) < 4.78 is 5.58. The maximum Gasteiger partial charge on any atom is 0.239 e. The summed E-state index contributed by atoms with van der Waals surface area (Å²) in [6.45, 7) is 1.75. The quantitative estimate of drug-likeness (QED) is 0.430. The third-order valence-electron chi connectivity index (χ3n) is 4.78. The van der Waals surface area contributed by atoms with Crippen LogP contribution < -0.4 is 5.32 Å². The van der Waals surface area contributed by atoms with Crippen molar-refractivity contribution in [2.75, 3.05) is 26.3 Å². The van der Waals surface area contributed by atoms with Gasteiger partial charge in [0.05, 0.1) is 18.4 Å². The molecule has 1 atom stereocenters. The number of carbonyl (C=O) groups is 2. The van der Waals surface area contributed by atoms with E-state index in [1.165, 1.54) is 11.1 Å². The maximum atomic E-state index is 12.1. The molecule has 1 heterocycles. The van der Waals surface area contributed by atoms with Crippen LogP contribution >= 0.6 is 11.8 Å². The zero-order chi connectivity index (χ0) is 20.3. The molecule has 0 saturated carbocycles. The van der Waals surface area contributed by atoms with Gasteiger partial charge in [-0.25, -0.2) is 0 Å². The lowest BCUT2D eigenvalue weighted by molar-refractivity contribution is -0.145. The highest BCUT2D eigenvalue weighted by molar-refractivity contribution is 7.99. The summed E-state index contributed by atoms with van der Waals surface area (Å²) >= 11 is 1.71. The minimum Gasteiger partial charge on any atom is -0.380 e. The number of benzene rings is 2. The van der Waals surface area contributed by atoms with E-state index in [0.29, 0.717) is 26.2 Å². The lowest BCUT2D eigenvalue weighted by Gasteiger charge is -2.39. The molecule has 1 fully saturated rings. The topological polar surface area (TPSA) is 58.6 Å². The Morgan fingerprint density at radius 2 is 1.72 bits per heavy atom. The van der Waals surface area contributed by atoms with E-state index in [0.717, 1.165) is 18.6 Å². The van der Waals surface area contributed by atoms with Crippen LogP contribution in [0.1, 0.15) is 24.0 Å². The summed E-state index contributed by atoms with van der Waals surface area (Å²) in [5.74, 6) is 0.757. The predicted molar refractivity (Wildman–Crippen MR) is 116 cm³/mol. The Labute approximate surface area is 176 Å². The van der Waals surface area contributed by atoms with Gasteiger partial charge >= 0.3 is 0 Å². The van der Waals surface area contributed by atoms with Crippen molar-refractivity contribution < 1.29 is 14.3 Å². The van der Waals surface area contributed by atoms with Gasteiger partial charge in [0, 0.05) is 18.9 Å². The zero-order valence-electron chi connectivity index (χ0n) is 16.6. The first-order chi connectivity index (χ1) is 14.2. The minimum absolute atomic E-state index is 0.0443. The van der Waals surface area contributed by atoms with E-state index < -0.39 is 0 Å². The fourth-order valence-corrected chi connectivity index (χ4v) is 4.34. The average Bonchev–Trinajstić information content (AvgIpc) is 2.75. The van der Waals surface area contributed by atoms with Crippen LogP contribution in [0.15, 0.2) is 60.7 Å². The highest BCUT2D eigenvalue weighted by Crippen LogP contribution is 2.31. The molecule has 1 saturated heterocycles.